The van der Waals surface area contributed by atoms with Gasteiger partial charge >= 0.3 is 12.1 Å². The van der Waals surface area contributed by atoms with Crippen LogP contribution in [0.25, 0.3) is 0 Å². The van der Waals surface area contributed by atoms with Crippen LogP contribution in [0.15, 0.2) is 0 Å². The number of rotatable bonds is 1. The van der Waals surface area contributed by atoms with E-state index in [4.69, 9.17) is 0 Å². The molecule has 0 spiro atoms. The van der Waals surface area contributed by atoms with Crippen LogP contribution in [0.1, 0.15) is 0 Å². The molecule has 0 aliphatic rings. The molecule has 0 unspecified atom stereocenters. The van der Waals surface area contributed by atoms with E-state index in [9.17, 15) is 9.59 Å². The summed E-state index contributed by atoms with van der Waals surface area (Å²) in [7, 11) is 2.54. The Bertz CT molecular complexity index is 162. The summed E-state index contributed by atoms with van der Waals surface area (Å²) in [4.78, 5) is 22.3. The van der Waals surface area contributed by atoms with E-state index >= 15 is 0 Å². The zero-order valence-electron chi connectivity index (χ0n) is 6.58. The van der Waals surface area contributed by atoms with Crippen LogP contribution in [-0.4, -0.2) is 37.4 Å². The molecule has 0 saturated heterocycles. The summed E-state index contributed by atoms with van der Waals surface area (Å²) in [5, 5.41) is 0. The molecule has 0 fully saturated rings. The van der Waals surface area contributed by atoms with Gasteiger partial charge in [-0.15, -0.1) is 0 Å². The van der Waals surface area contributed by atoms with Gasteiger partial charge in [0.25, 0.3) is 0 Å². The number of urea groups is 1. The van der Waals surface area contributed by atoms with Gasteiger partial charge in [-0.05, 0) is 0 Å². The predicted molar refractivity (Wildman–Crippen MR) is 42.2 cm³/mol. The van der Waals surface area contributed by atoms with Crippen LogP contribution in [0.5, 0.6) is 0 Å². The van der Waals surface area contributed by atoms with E-state index in [1.165, 1.54) is 14.2 Å². The lowest BCUT2D eigenvalue weighted by molar-refractivity contribution is 0.139. The lowest BCUT2D eigenvalue weighted by Gasteiger charge is -2.12. The van der Waals surface area contributed by atoms with E-state index in [-0.39, 0.29) is 0 Å². The van der Waals surface area contributed by atoms with Gasteiger partial charge in [-0.1, -0.05) is 11.9 Å². The largest absolute Gasteiger partial charge is 0.452 e. The molecule has 0 aromatic carbocycles. The number of methoxy groups -OCH3 is 1. The number of nitrogens with zero attached hydrogens (tertiary/aromatic N) is 1. The number of carbonyl (C=O) groups excluding carboxylic acids is 2. The van der Waals surface area contributed by atoms with Gasteiger partial charge in [0.1, 0.15) is 0 Å². The number of nitrogens with one attached hydrogen (secondary N) is 1. The second-order valence-electron chi connectivity index (χ2n) is 1.64. The monoisotopic (exact) mass is 178 g/mol. The van der Waals surface area contributed by atoms with E-state index in [0.29, 0.717) is 0 Å². The number of carbonyl (C=O) groups is 2. The third kappa shape index (κ3) is 3.13. The molecule has 0 saturated carbocycles. The fourth-order valence-electron chi connectivity index (χ4n) is 0.376. The third-order valence-electron chi connectivity index (χ3n) is 0.942. The molecule has 11 heavy (non-hydrogen) atoms. The molecule has 64 valence electrons. The van der Waals surface area contributed by atoms with E-state index in [2.05, 4.69) is 9.46 Å². The van der Waals surface area contributed by atoms with Crippen molar-refractivity contribution in [1.29, 1.82) is 0 Å². The minimum atomic E-state index is -0.684. The van der Waals surface area contributed by atoms with Crippen LogP contribution in [0.2, 0.25) is 0 Å². The topological polar surface area (TPSA) is 58.6 Å². The zero-order chi connectivity index (χ0) is 8.85. The molecule has 0 aliphatic heterocycles. The molecule has 6 heteroatoms. The van der Waals surface area contributed by atoms with Crippen molar-refractivity contribution in [3.63, 3.8) is 0 Å². The number of hydrogen-bond acceptors (Lipinski definition) is 4. The fraction of sp³-hybridized carbons (Fsp3) is 0.600. The minimum absolute atomic E-state index is 0.496. The summed E-state index contributed by atoms with van der Waals surface area (Å²) < 4.78 is 6.66. The predicted octanol–water partition coefficient (Wildman–Crippen LogP) is 0.672. The van der Waals surface area contributed by atoms with Crippen molar-refractivity contribution >= 4 is 24.1 Å². The molecule has 0 aliphatic carbocycles. The van der Waals surface area contributed by atoms with Crippen LogP contribution in [0.3, 0.4) is 0 Å². The van der Waals surface area contributed by atoms with Gasteiger partial charge in [-0.2, -0.15) is 0 Å². The summed E-state index contributed by atoms with van der Waals surface area (Å²) >= 11 is 1.12. The van der Waals surface area contributed by atoms with Gasteiger partial charge in [0, 0.05) is 13.3 Å². The highest BCUT2D eigenvalue weighted by Crippen LogP contribution is 1.92. The van der Waals surface area contributed by atoms with Crippen LogP contribution >= 0.6 is 11.9 Å². The first kappa shape index (κ1) is 10.1. The number of ether oxygens (including phenoxy) is 1. The quantitative estimate of drug-likeness (QED) is 0.599. The second-order valence-corrected chi connectivity index (χ2v) is 2.25. The highest BCUT2D eigenvalue weighted by atomic mass is 32.2. The van der Waals surface area contributed by atoms with E-state index in [0.717, 1.165) is 16.8 Å². The summed E-state index contributed by atoms with van der Waals surface area (Å²) in [6, 6.07) is -0.496. The van der Waals surface area contributed by atoms with Gasteiger partial charge in [0.05, 0.1) is 7.11 Å². The van der Waals surface area contributed by atoms with Crippen LogP contribution < -0.4 is 4.72 Å². The van der Waals surface area contributed by atoms with Gasteiger partial charge in [-0.25, -0.2) is 14.5 Å². The standard InChI is InChI=1S/C5H10N2O3S/c1-7(5(9)10-2)4(8)6-11-3/h1-3H3,(H,6,8). The summed E-state index contributed by atoms with van der Waals surface area (Å²) in [6.45, 7) is 0. The Labute approximate surface area is 69.2 Å². The molecule has 3 amide bonds. The average Bonchev–Trinajstić information content (AvgIpc) is 2.02. The van der Waals surface area contributed by atoms with Crippen molar-refractivity contribution < 1.29 is 14.3 Å². The van der Waals surface area contributed by atoms with Crippen molar-refractivity contribution in [2.24, 2.45) is 0 Å². The Hall–Kier alpha value is -0.910. The van der Waals surface area contributed by atoms with E-state index in [1.54, 1.807) is 6.26 Å². The summed E-state index contributed by atoms with van der Waals surface area (Å²) in [5.41, 5.74) is 0. The Kier molecular flexibility index (Phi) is 4.44. The van der Waals surface area contributed by atoms with Gasteiger partial charge < -0.3 is 4.74 Å². The molecule has 1 N–H and O–H groups in total. The van der Waals surface area contributed by atoms with Crippen molar-refractivity contribution in [3.8, 4) is 0 Å². The molecule has 0 radical (unpaired) electrons. The first-order valence-electron chi connectivity index (χ1n) is 2.78. The normalized spacial score (nSPS) is 8.64. The van der Waals surface area contributed by atoms with Gasteiger partial charge in [-0.3, -0.25) is 4.72 Å². The lowest BCUT2D eigenvalue weighted by atomic mass is 10.8. The summed E-state index contributed by atoms with van der Waals surface area (Å²) in [5.74, 6) is 0. The SMILES string of the molecule is COC(=O)N(C)C(=O)NSC. The molecular weight excluding hydrogens is 168 g/mol. The maximum Gasteiger partial charge on any atom is 0.417 e. The first-order valence-corrected chi connectivity index (χ1v) is 4.00. The summed E-state index contributed by atoms with van der Waals surface area (Å²) in [6.07, 6.45) is 1.000. The smallest absolute Gasteiger partial charge is 0.417 e. The Balaban J connectivity index is 3.91. The van der Waals surface area contributed by atoms with Crippen molar-refractivity contribution in [1.82, 2.24) is 9.62 Å². The highest BCUT2D eigenvalue weighted by Gasteiger charge is 2.15. The highest BCUT2D eigenvalue weighted by molar-refractivity contribution is 7.97. The molecule has 0 heterocycles. The fourth-order valence-corrected chi connectivity index (χ4v) is 0.687. The van der Waals surface area contributed by atoms with Crippen molar-refractivity contribution in [2.45, 2.75) is 0 Å². The van der Waals surface area contributed by atoms with Crippen molar-refractivity contribution in [3.05, 3.63) is 0 Å². The first-order chi connectivity index (χ1) is 5.13. The number of amides is 3. The third-order valence-corrected chi connectivity index (χ3v) is 1.32. The minimum Gasteiger partial charge on any atom is -0.452 e. The molecular formula is C5H10N2O3S. The molecule has 0 atom stereocenters. The van der Waals surface area contributed by atoms with Crippen LogP contribution in [-0.2, 0) is 4.74 Å². The zero-order valence-corrected chi connectivity index (χ0v) is 7.40. The number of imide groups is 1. The van der Waals surface area contributed by atoms with Crippen LogP contribution in [0, 0.1) is 0 Å². The Morgan fingerprint density at radius 1 is 1.55 bits per heavy atom. The number of hydrogen-bond donors (Lipinski definition) is 1. The molecule has 0 aromatic rings. The lowest BCUT2D eigenvalue weighted by Crippen LogP contribution is -2.38. The average molecular weight is 178 g/mol. The maximum atomic E-state index is 10.8. The van der Waals surface area contributed by atoms with E-state index < -0.39 is 12.1 Å². The Morgan fingerprint density at radius 3 is 2.45 bits per heavy atom. The van der Waals surface area contributed by atoms with Gasteiger partial charge in [0.2, 0.25) is 0 Å². The molecule has 0 bridgehead atoms. The molecule has 5 nitrogen and oxygen atoms in total. The second kappa shape index (κ2) is 4.84. The van der Waals surface area contributed by atoms with Gasteiger partial charge in [0.15, 0.2) is 0 Å². The Morgan fingerprint density at radius 2 is 2.09 bits per heavy atom. The molecule has 0 aromatic heterocycles. The van der Waals surface area contributed by atoms with E-state index in [1.807, 2.05) is 0 Å². The molecule has 0 rings (SSSR count). The van der Waals surface area contributed by atoms with Crippen LogP contribution in [0.4, 0.5) is 9.59 Å². The van der Waals surface area contributed by atoms with Crippen molar-refractivity contribution in [2.75, 3.05) is 20.4 Å². The maximum absolute atomic E-state index is 10.8.